The van der Waals surface area contributed by atoms with Gasteiger partial charge in [-0.3, -0.25) is 0 Å². The summed E-state index contributed by atoms with van der Waals surface area (Å²) in [5.41, 5.74) is 16.2. The Morgan fingerprint density at radius 1 is 0.267 bits per heavy atom. The Labute approximate surface area is 350 Å². The van der Waals surface area contributed by atoms with Crippen molar-refractivity contribution < 1.29 is 0 Å². The molecule has 11 rings (SSSR count). The molecule has 1 heterocycles. The summed E-state index contributed by atoms with van der Waals surface area (Å²) in [6, 6.07) is 88.0. The van der Waals surface area contributed by atoms with Crippen LogP contribution in [0.15, 0.2) is 243 Å². The first-order chi connectivity index (χ1) is 29.7. The van der Waals surface area contributed by atoms with E-state index in [1.165, 1.54) is 71.6 Å². The normalized spacial score (nSPS) is 11.3. The molecular weight excluding hydrogens is 725 g/mol. The van der Waals surface area contributed by atoms with E-state index in [4.69, 9.17) is 0 Å². The Balaban J connectivity index is 1.16. The van der Waals surface area contributed by atoms with Crippen molar-refractivity contribution in [2.24, 2.45) is 0 Å². The van der Waals surface area contributed by atoms with Crippen LogP contribution in [-0.2, 0) is 0 Å². The summed E-state index contributed by atoms with van der Waals surface area (Å²) in [6.07, 6.45) is 0. The molecule has 0 spiro atoms. The summed E-state index contributed by atoms with van der Waals surface area (Å²) < 4.78 is 2.48. The number of anilines is 3. The Kier molecular flexibility index (Phi) is 8.87. The van der Waals surface area contributed by atoms with Gasteiger partial charge in [-0.15, -0.1) is 0 Å². The van der Waals surface area contributed by atoms with Crippen molar-refractivity contribution in [1.29, 1.82) is 0 Å². The number of fused-ring (bicyclic) bond motifs is 5. The summed E-state index contributed by atoms with van der Waals surface area (Å²) in [5, 5.41) is 4.95. The zero-order valence-corrected chi connectivity index (χ0v) is 33.0. The van der Waals surface area contributed by atoms with E-state index in [0.717, 1.165) is 28.3 Å². The Hall–Kier alpha value is -7.94. The molecule has 1 aromatic heterocycles. The van der Waals surface area contributed by atoms with E-state index in [0.29, 0.717) is 0 Å². The molecule has 2 heteroatoms. The van der Waals surface area contributed by atoms with E-state index in [-0.39, 0.29) is 0 Å². The van der Waals surface area contributed by atoms with Crippen LogP contribution < -0.4 is 4.90 Å². The molecule has 0 saturated heterocycles. The smallest absolute Gasteiger partial charge is 0.0562 e. The van der Waals surface area contributed by atoms with Crippen molar-refractivity contribution in [2.45, 2.75) is 0 Å². The van der Waals surface area contributed by atoms with Gasteiger partial charge in [0.05, 0.1) is 11.0 Å². The first kappa shape index (κ1) is 35.2. The average Bonchev–Trinajstić information content (AvgIpc) is 3.67. The second kappa shape index (κ2) is 15.1. The summed E-state index contributed by atoms with van der Waals surface area (Å²) in [4.78, 5) is 2.39. The zero-order valence-electron chi connectivity index (χ0n) is 33.0. The SMILES string of the molecule is c1ccc(-c2ccc(N(c3ccc(-c4ccccc4)cc3)c3ccc4c5c6ccccc6ccc5n(-c5cc(-c6ccccc6)cc(-c6ccccc6)c5)c4c3)cc2)cc1. The lowest BCUT2D eigenvalue weighted by Gasteiger charge is -2.26. The highest BCUT2D eigenvalue weighted by Crippen LogP contribution is 2.43. The van der Waals surface area contributed by atoms with Gasteiger partial charge in [-0.2, -0.15) is 0 Å². The number of aromatic nitrogens is 1. The largest absolute Gasteiger partial charge is 0.310 e. The predicted molar refractivity (Wildman–Crippen MR) is 255 cm³/mol. The topological polar surface area (TPSA) is 8.17 Å². The number of rotatable bonds is 8. The highest BCUT2D eigenvalue weighted by Gasteiger charge is 2.20. The van der Waals surface area contributed by atoms with Gasteiger partial charge in [-0.1, -0.05) is 182 Å². The molecule has 2 nitrogen and oxygen atoms in total. The standard InChI is InChI=1S/C58H40N2/c1-5-15-41(16-6-1)45-25-30-50(31-26-45)59(51-32-27-46(28-33-51)42-17-7-2-8-18-42)52-34-35-55-57(40-52)60(56-36-29-47-23-13-14-24-54(47)58(55)56)53-38-48(43-19-9-3-10-20-43)37-49(39-53)44-21-11-4-12-22-44/h1-40H. The summed E-state index contributed by atoms with van der Waals surface area (Å²) in [6.45, 7) is 0. The molecule has 282 valence electrons. The molecular formula is C58H40N2. The van der Waals surface area contributed by atoms with Crippen LogP contribution in [0.1, 0.15) is 0 Å². The van der Waals surface area contributed by atoms with E-state index >= 15 is 0 Å². The number of hydrogen-bond donors (Lipinski definition) is 0. The summed E-state index contributed by atoms with van der Waals surface area (Å²) >= 11 is 0. The van der Waals surface area contributed by atoms with E-state index in [2.05, 4.69) is 252 Å². The first-order valence-electron chi connectivity index (χ1n) is 20.6. The van der Waals surface area contributed by atoms with Gasteiger partial charge in [0.25, 0.3) is 0 Å². The maximum absolute atomic E-state index is 2.48. The second-order valence-electron chi connectivity index (χ2n) is 15.4. The Bertz CT molecular complexity index is 3120. The molecule has 0 aliphatic rings. The van der Waals surface area contributed by atoms with Gasteiger partial charge in [-0.25, -0.2) is 0 Å². The lowest BCUT2D eigenvalue weighted by molar-refractivity contribution is 1.18. The van der Waals surface area contributed by atoms with Crippen molar-refractivity contribution >= 4 is 49.6 Å². The van der Waals surface area contributed by atoms with E-state index in [1.807, 2.05) is 0 Å². The van der Waals surface area contributed by atoms with Crippen molar-refractivity contribution in [3.63, 3.8) is 0 Å². The van der Waals surface area contributed by atoms with Crippen molar-refractivity contribution in [3.05, 3.63) is 243 Å². The van der Waals surface area contributed by atoms with Gasteiger partial charge in [0.2, 0.25) is 0 Å². The molecule has 10 aromatic carbocycles. The fourth-order valence-corrected chi connectivity index (χ4v) is 8.84. The molecule has 0 aliphatic heterocycles. The highest BCUT2D eigenvalue weighted by atomic mass is 15.1. The molecule has 60 heavy (non-hydrogen) atoms. The third-order valence-electron chi connectivity index (χ3n) is 11.8. The monoisotopic (exact) mass is 764 g/mol. The molecule has 0 unspecified atom stereocenters. The van der Waals surface area contributed by atoms with Crippen molar-refractivity contribution in [1.82, 2.24) is 4.57 Å². The van der Waals surface area contributed by atoms with Crippen LogP contribution in [-0.4, -0.2) is 4.57 Å². The molecule has 0 N–H and O–H groups in total. The second-order valence-corrected chi connectivity index (χ2v) is 15.4. The van der Waals surface area contributed by atoms with Crippen LogP contribution in [0.25, 0.3) is 82.8 Å². The Morgan fingerprint density at radius 2 is 0.700 bits per heavy atom. The van der Waals surface area contributed by atoms with Gasteiger partial charge >= 0.3 is 0 Å². The van der Waals surface area contributed by atoms with Crippen LogP contribution in [0.3, 0.4) is 0 Å². The quantitative estimate of drug-likeness (QED) is 0.150. The minimum absolute atomic E-state index is 1.08. The van der Waals surface area contributed by atoms with Crippen molar-refractivity contribution in [3.8, 4) is 50.2 Å². The molecule has 11 aromatic rings. The van der Waals surface area contributed by atoms with Gasteiger partial charge in [-0.05, 0) is 116 Å². The molecule has 0 bridgehead atoms. The van der Waals surface area contributed by atoms with Crippen LogP contribution in [0, 0.1) is 0 Å². The number of nitrogens with zero attached hydrogens (tertiary/aromatic N) is 2. The fourth-order valence-electron chi connectivity index (χ4n) is 8.84. The Morgan fingerprint density at radius 3 is 1.22 bits per heavy atom. The minimum atomic E-state index is 1.08. The zero-order chi connectivity index (χ0) is 39.8. The molecule has 0 fully saturated rings. The van der Waals surface area contributed by atoms with Crippen molar-refractivity contribution in [2.75, 3.05) is 4.90 Å². The van der Waals surface area contributed by atoms with E-state index in [9.17, 15) is 0 Å². The minimum Gasteiger partial charge on any atom is -0.310 e. The first-order valence-corrected chi connectivity index (χ1v) is 20.6. The van der Waals surface area contributed by atoms with Crippen LogP contribution >= 0.6 is 0 Å². The maximum atomic E-state index is 2.48. The molecule has 0 atom stereocenters. The third-order valence-corrected chi connectivity index (χ3v) is 11.8. The van der Waals surface area contributed by atoms with Gasteiger partial charge < -0.3 is 9.47 Å². The molecule has 0 amide bonds. The lowest BCUT2D eigenvalue weighted by Crippen LogP contribution is -2.10. The molecule has 0 aliphatic carbocycles. The molecule has 0 saturated carbocycles. The number of benzene rings is 10. The van der Waals surface area contributed by atoms with E-state index < -0.39 is 0 Å². The fraction of sp³-hybridized carbons (Fsp3) is 0. The third kappa shape index (κ3) is 6.41. The van der Waals surface area contributed by atoms with Gasteiger partial charge in [0.15, 0.2) is 0 Å². The lowest BCUT2D eigenvalue weighted by atomic mass is 9.98. The molecule has 0 radical (unpaired) electrons. The number of hydrogen-bond acceptors (Lipinski definition) is 1. The maximum Gasteiger partial charge on any atom is 0.0562 e. The van der Waals surface area contributed by atoms with Gasteiger partial charge in [0, 0.05) is 33.5 Å². The summed E-state index contributed by atoms with van der Waals surface area (Å²) in [7, 11) is 0. The van der Waals surface area contributed by atoms with E-state index in [1.54, 1.807) is 0 Å². The van der Waals surface area contributed by atoms with Crippen LogP contribution in [0.2, 0.25) is 0 Å². The predicted octanol–water partition coefficient (Wildman–Crippen LogP) is 16.1. The van der Waals surface area contributed by atoms with Crippen LogP contribution in [0.5, 0.6) is 0 Å². The summed E-state index contributed by atoms with van der Waals surface area (Å²) in [5.74, 6) is 0. The van der Waals surface area contributed by atoms with Gasteiger partial charge in [0.1, 0.15) is 0 Å². The highest BCUT2D eigenvalue weighted by molar-refractivity contribution is 6.21. The average molecular weight is 765 g/mol. The van der Waals surface area contributed by atoms with Crippen LogP contribution in [0.4, 0.5) is 17.1 Å².